The molecule has 0 spiro atoms. The number of hydrogen-bond donors (Lipinski definition) is 2. The van der Waals surface area contributed by atoms with Crippen molar-refractivity contribution in [3.63, 3.8) is 0 Å². The number of ether oxygens (including phenoxy) is 1. The molecule has 7 nitrogen and oxygen atoms in total. The second-order valence-electron chi connectivity index (χ2n) is 3.52. The second-order valence-corrected chi connectivity index (χ2v) is 3.52. The lowest BCUT2D eigenvalue weighted by atomic mass is 10.2. The molecule has 0 amide bonds. The van der Waals surface area contributed by atoms with Crippen molar-refractivity contribution in [2.45, 2.75) is 32.9 Å². The molecular weight excluding hydrogens is 226 g/mol. The van der Waals surface area contributed by atoms with Gasteiger partial charge in [-0.3, -0.25) is 4.79 Å². The minimum absolute atomic E-state index is 0.0217. The first-order valence-electron chi connectivity index (χ1n) is 5.45. The van der Waals surface area contributed by atoms with E-state index >= 15 is 0 Å². The van der Waals surface area contributed by atoms with Gasteiger partial charge in [0, 0.05) is 13.5 Å². The van der Waals surface area contributed by atoms with E-state index in [1.807, 2.05) is 0 Å². The molecule has 0 saturated heterocycles. The van der Waals surface area contributed by atoms with Crippen molar-refractivity contribution in [1.29, 1.82) is 0 Å². The Balaban J connectivity index is 2.15. The van der Waals surface area contributed by atoms with E-state index in [4.69, 9.17) is 9.26 Å². The summed E-state index contributed by atoms with van der Waals surface area (Å²) in [5, 5.41) is 16.1. The highest BCUT2D eigenvalue weighted by atomic mass is 16.5. The topological polar surface area (TPSA) is 97.5 Å². The highest BCUT2D eigenvalue weighted by molar-refractivity contribution is 5.69. The van der Waals surface area contributed by atoms with Gasteiger partial charge in [-0.25, -0.2) is 0 Å². The van der Waals surface area contributed by atoms with Gasteiger partial charge in [0.2, 0.25) is 5.89 Å². The number of aromatic nitrogens is 2. The summed E-state index contributed by atoms with van der Waals surface area (Å²) < 4.78 is 9.49. The number of aryl methyl sites for hydroxylation is 1. The van der Waals surface area contributed by atoms with Crippen molar-refractivity contribution in [1.82, 2.24) is 15.5 Å². The third kappa shape index (κ3) is 5.41. The summed E-state index contributed by atoms with van der Waals surface area (Å²) >= 11 is 0. The van der Waals surface area contributed by atoms with E-state index in [0.29, 0.717) is 24.9 Å². The van der Waals surface area contributed by atoms with Crippen LogP contribution in [0, 0.1) is 6.92 Å². The Morgan fingerprint density at radius 1 is 1.65 bits per heavy atom. The first-order chi connectivity index (χ1) is 8.11. The number of nitrogens with one attached hydrogen (secondary N) is 1. The van der Waals surface area contributed by atoms with Crippen LogP contribution in [0.5, 0.6) is 0 Å². The van der Waals surface area contributed by atoms with E-state index in [2.05, 4.69) is 15.5 Å². The molecule has 0 aliphatic carbocycles. The number of aliphatic hydroxyl groups excluding tert-OH is 1. The van der Waals surface area contributed by atoms with E-state index in [9.17, 15) is 9.90 Å². The van der Waals surface area contributed by atoms with Crippen molar-refractivity contribution in [3.8, 4) is 0 Å². The highest BCUT2D eigenvalue weighted by Crippen LogP contribution is 1.96. The molecule has 1 unspecified atom stereocenters. The summed E-state index contributed by atoms with van der Waals surface area (Å²) in [5.41, 5.74) is 0. The Kier molecular flexibility index (Phi) is 5.58. The SMILES string of the molecule is CCOC(=O)CC(O)CNCc1noc(C)n1. The average molecular weight is 243 g/mol. The predicted molar refractivity (Wildman–Crippen MR) is 58.0 cm³/mol. The summed E-state index contributed by atoms with van der Waals surface area (Å²) in [6.45, 7) is 4.40. The minimum Gasteiger partial charge on any atom is -0.466 e. The maximum absolute atomic E-state index is 11.0. The van der Waals surface area contributed by atoms with Crippen molar-refractivity contribution in [2.75, 3.05) is 13.2 Å². The molecule has 1 aromatic heterocycles. The maximum Gasteiger partial charge on any atom is 0.308 e. The zero-order valence-corrected chi connectivity index (χ0v) is 9.97. The van der Waals surface area contributed by atoms with Crippen molar-refractivity contribution >= 4 is 5.97 Å². The molecule has 0 radical (unpaired) electrons. The number of nitrogens with zero attached hydrogens (tertiary/aromatic N) is 2. The number of rotatable bonds is 7. The molecule has 0 bridgehead atoms. The Bertz CT molecular complexity index is 353. The number of carbonyl (C=O) groups is 1. The number of carbonyl (C=O) groups excluding carboxylic acids is 1. The van der Waals surface area contributed by atoms with Gasteiger partial charge in [0.1, 0.15) is 0 Å². The summed E-state index contributed by atoms with van der Waals surface area (Å²) in [4.78, 5) is 15.0. The first kappa shape index (κ1) is 13.6. The zero-order valence-electron chi connectivity index (χ0n) is 9.97. The quantitative estimate of drug-likeness (QED) is 0.639. The lowest BCUT2D eigenvalue weighted by Crippen LogP contribution is -2.29. The molecule has 96 valence electrons. The van der Waals surface area contributed by atoms with Crippen LogP contribution in [0.3, 0.4) is 0 Å². The van der Waals surface area contributed by atoms with Gasteiger partial charge in [-0.1, -0.05) is 5.16 Å². The van der Waals surface area contributed by atoms with Crippen LogP contribution in [0.15, 0.2) is 4.52 Å². The minimum atomic E-state index is -0.776. The first-order valence-corrected chi connectivity index (χ1v) is 5.45. The van der Waals surface area contributed by atoms with E-state index in [0.717, 1.165) is 0 Å². The van der Waals surface area contributed by atoms with E-state index in [-0.39, 0.29) is 13.0 Å². The van der Waals surface area contributed by atoms with E-state index < -0.39 is 12.1 Å². The molecule has 0 aliphatic rings. The summed E-state index contributed by atoms with van der Waals surface area (Å²) in [7, 11) is 0. The van der Waals surface area contributed by atoms with E-state index in [1.54, 1.807) is 13.8 Å². The fourth-order valence-corrected chi connectivity index (χ4v) is 1.25. The fourth-order valence-electron chi connectivity index (χ4n) is 1.25. The second kappa shape index (κ2) is 6.97. The number of esters is 1. The van der Waals surface area contributed by atoms with Gasteiger partial charge in [0.15, 0.2) is 5.82 Å². The van der Waals surface area contributed by atoms with Crippen LogP contribution in [0.2, 0.25) is 0 Å². The molecule has 0 saturated carbocycles. The molecule has 1 heterocycles. The van der Waals surface area contributed by atoms with Crippen LogP contribution in [0.4, 0.5) is 0 Å². The molecule has 2 N–H and O–H groups in total. The van der Waals surface area contributed by atoms with Gasteiger partial charge in [-0.2, -0.15) is 4.98 Å². The summed E-state index contributed by atoms with van der Waals surface area (Å²) in [5.74, 6) is 0.608. The van der Waals surface area contributed by atoms with Crippen LogP contribution < -0.4 is 5.32 Å². The smallest absolute Gasteiger partial charge is 0.308 e. The normalized spacial score (nSPS) is 12.4. The fraction of sp³-hybridized carbons (Fsp3) is 0.700. The van der Waals surface area contributed by atoms with Crippen molar-refractivity contribution in [2.24, 2.45) is 0 Å². The average Bonchev–Trinajstić information content (AvgIpc) is 2.64. The van der Waals surface area contributed by atoms with Crippen LogP contribution >= 0.6 is 0 Å². The van der Waals surface area contributed by atoms with Crippen LogP contribution in [-0.4, -0.2) is 40.5 Å². The summed E-state index contributed by atoms with van der Waals surface area (Å²) in [6.07, 6.45) is -0.798. The van der Waals surface area contributed by atoms with Crippen molar-refractivity contribution in [3.05, 3.63) is 11.7 Å². The lowest BCUT2D eigenvalue weighted by Gasteiger charge is -2.09. The highest BCUT2D eigenvalue weighted by Gasteiger charge is 2.11. The van der Waals surface area contributed by atoms with Gasteiger partial charge >= 0.3 is 5.97 Å². The monoisotopic (exact) mass is 243 g/mol. The summed E-state index contributed by atoms with van der Waals surface area (Å²) in [6, 6.07) is 0. The zero-order chi connectivity index (χ0) is 12.7. The van der Waals surface area contributed by atoms with Gasteiger partial charge < -0.3 is 19.7 Å². The Morgan fingerprint density at radius 2 is 2.41 bits per heavy atom. The third-order valence-corrected chi connectivity index (χ3v) is 1.94. The van der Waals surface area contributed by atoms with Gasteiger partial charge in [0.05, 0.1) is 25.7 Å². The standard InChI is InChI=1S/C10H17N3O4/c1-3-16-10(15)4-8(14)5-11-6-9-12-7(2)17-13-9/h8,11,14H,3-6H2,1-2H3. The lowest BCUT2D eigenvalue weighted by molar-refractivity contribution is -0.145. The molecule has 1 aromatic rings. The molecule has 1 rings (SSSR count). The molecule has 7 heteroatoms. The predicted octanol–water partition coefficient (Wildman–Crippen LogP) is -0.218. The third-order valence-electron chi connectivity index (χ3n) is 1.94. The van der Waals surface area contributed by atoms with E-state index in [1.165, 1.54) is 0 Å². The molecule has 0 fully saturated rings. The molecule has 0 aliphatic heterocycles. The Hall–Kier alpha value is -1.47. The van der Waals surface area contributed by atoms with Gasteiger partial charge in [-0.15, -0.1) is 0 Å². The van der Waals surface area contributed by atoms with Crippen LogP contribution in [0.25, 0.3) is 0 Å². The molecular formula is C10H17N3O4. The Morgan fingerprint density at radius 3 is 3.00 bits per heavy atom. The maximum atomic E-state index is 11.0. The molecule has 17 heavy (non-hydrogen) atoms. The largest absolute Gasteiger partial charge is 0.466 e. The van der Waals surface area contributed by atoms with Gasteiger partial charge in [0.25, 0.3) is 0 Å². The molecule has 0 aromatic carbocycles. The van der Waals surface area contributed by atoms with Gasteiger partial charge in [-0.05, 0) is 6.92 Å². The Labute approximate surface area is 99.2 Å². The number of hydrogen-bond acceptors (Lipinski definition) is 7. The van der Waals surface area contributed by atoms with Crippen LogP contribution in [0.1, 0.15) is 25.1 Å². The molecule has 1 atom stereocenters. The number of aliphatic hydroxyl groups is 1. The van der Waals surface area contributed by atoms with Crippen LogP contribution in [-0.2, 0) is 16.1 Å². The van der Waals surface area contributed by atoms with Crippen molar-refractivity contribution < 1.29 is 19.2 Å².